The van der Waals surface area contributed by atoms with Gasteiger partial charge in [0.25, 0.3) is 0 Å². The van der Waals surface area contributed by atoms with E-state index in [1.165, 1.54) is 10.8 Å². The van der Waals surface area contributed by atoms with Crippen LogP contribution in [0.4, 0.5) is 0 Å². The van der Waals surface area contributed by atoms with Gasteiger partial charge in [0.1, 0.15) is 0 Å². The van der Waals surface area contributed by atoms with Crippen molar-refractivity contribution in [3.8, 4) is 0 Å². The molecule has 0 fully saturated rings. The lowest BCUT2D eigenvalue weighted by molar-refractivity contribution is -0.141. The van der Waals surface area contributed by atoms with E-state index < -0.39 is 9.51 Å². The number of hydrogen-bond donors (Lipinski definition) is 1. The molecule has 0 radical (unpaired) electrons. The second kappa shape index (κ2) is 4.98. The molecule has 1 unspecified atom stereocenters. The van der Waals surface area contributed by atoms with Crippen molar-refractivity contribution in [3.05, 3.63) is 47.2 Å². The molecule has 0 saturated heterocycles. The number of aryl methyl sites for hydroxylation is 2. The van der Waals surface area contributed by atoms with Crippen molar-refractivity contribution in [1.82, 2.24) is 4.57 Å². The normalized spacial score (nSPS) is 14.4. The number of carboxylic acids is 1. The molecule has 3 nitrogen and oxygen atoms in total. The molecule has 3 aromatic rings. The number of aliphatic carboxylic acids is 1. The number of aromatic nitrogens is 1. The van der Waals surface area contributed by atoms with Gasteiger partial charge >= 0.3 is 5.97 Å². The number of rotatable bonds is 2. The Morgan fingerprint density at radius 3 is 2.50 bits per heavy atom. The number of alkyl halides is 1. The van der Waals surface area contributed by atoms with E-state index in [9.17, 15) is 9.90 Å². The van der Waals surface area contributed by atoms with Crippen LogP contribution in [0.15, 0.2) is 30.3 Å². The summed E-state index contributed by atoms with van der Waals surface area (Å²) in [5.41, 5.74) is 4.29. The lowest BCUT2D eigenvalue weighted by Crippen LogP contribution is -2.33. The van der Waals surface area contributed by atoms with Crippen LogP contribution in [0.1, 0.15) is 23.7 Å². The third-order valence-corrected chi connectivity index (χ3v) is 5.44. The predicted molar refractivity (Wildman–Crippen MR) is 99.0 cm³/mol. The van der Waals surface area contributed by atoms with E-state index in [1.54, 1.807) is 6.92 Å². The minimum absolute atomic E-state index is 0.833. The maximum Gasteiger partial charge on any atom is 0.339 e. The first kappa shape index (κ1) is 15.3. The van der Waals surface area contributed by atoms with Gasteiger partial charge in [-0.05, 0) is 78.3 Å². The molecule has 0 spiro atoms. The Morgan fingerprint density at radius 1 is 1.23 bits per heavy atom. The molecule has 114 valence electrons. The van der Waals surface area contributed by atoms with E-state index in [0.717, 1.165) is 27.7 Å². The van der Waals surface area contributed by atoms with E-state index in [1.807, 2.05) is 46.2 Å². The average molecular weight is 407 g/mol. The fraction of sp³-hybridized carbons (Fsp3) is 0.278. The number of carboxylic acid groups (broad SMARTS) is 1. The third-order valence-electron chi connectivity index (χ3n) is 4.50. The van der Waals surface area contributed by atoms with E-state index in [4.69, 9.17) is 0 Å². The quantitative estimate of drug-likeness (QED) is 0.485. The van der Waals surface area contributed by atoms with E-state index in [-0.39, 0.29) is 0 Å². The molecule has 2 aromatic carbocycles. The third kappa shape index (κ3) is 1.96. The van der Waals surface area contributed by atoms with Gasteiger partial charge in [0.05, 0.1) is 5.52 Å². The summed E-state index contributed by atoms with van der Waals surface area (Å²) < 4.78 is 0.948. The highest BCUT2D eigenvalue weighted by Gasteiger charge is 2.35. The van der Waals surface area contributed by atoms with Gasteiger partial charge in [-0.3, -0.25) is 0 Å². The van der Waals surface area contributed by atoms with E-state index in [2.05, 4.69) is 32.0 Å². The summed E-state index contributed by atoms with van der Waals surface area (Å²) >= 11 is 2.02. The molecule has 0 saturated carbocycles. The van der Waals surface area contributed by atoms with Crippen LogP contribution in [0.2, 0.25) is 0 Å². The molecule has 22 heavy (non-hydrogen) atoms. The summed E-state index contributed by atoms with van der Waals surface area (Å²) in [5.74, 6) is -0.833. The molecular formula is C18H18INO2. The molecule has 1 aromatic heterocycles. The lowest BCUT2D eigenvalue weighted by Gasteiger charge is -2.24. The number of fused-ring (bicyclic) bond motifs is 3. The summed E-state index contributed by atoms with van der Waals surface area (Å²) in [7, 11) is 0. The first-order valence-electron chi connectivity index (χ1n) is 7.19. The molecular weight excluding hydrogens is 389 g/mol. The van der Waals surface area contributed by atoms with Crippen LogP contribution in [0.5, 0.6) is 0 Å². The Balaban J connectivity index is 2.59. The van der Waals surface area contributed by atoms with Crippen molar-refractivity contribution < 1.29 is 9.90 Å². The fourth-order valence-electron chi connectivity index (χ4n) is 3.28. The van der Waals surface area contributed by atoms with Gasteiger partial charge < -0.3 is 9.67 Å². The Bertz CT molecular complexity index is 922. The highest BCUT2D eigenvalue weighted by atomic mass is 127. The van der Waals surface area contributed by atoms with Crippen molar-refractivity contribution in [2.45, 2.75) is 31.2 Å². The molecule has 4 heteroatoms. The van der Waals surface area contributed by atoms with Crippen molar-refractivity contribution in [1.29, 1.82) is 0 Å². The first-order valence-corrected chi connectivity index (χ1v) is 8.27. The van der Waals surface area contributed by atoms with Crippen LogP contribution in [-0.4, -0.2) is 15.6 Å². The highest BCUT2D eigenvalue weighted by molar-refractivity contribution is 14.1. The SMILES string of the molecule is Cc1c(C)n(C(C)(I)C(=O)O)c2c(C)cc3ccccc3c12. The van der Waals surface area contributed by atoms with Crippen LogP contribution >= 0.6 is 22.6 Å². The lowest BCUT2D eigenvalue weighted by atomic mass is 10.0. The predicted octanol–water partition coefficient (Wildman–Crippen LogP) is 4.91. The number of benzene rings is 2. The monoisotopic (exact) mass is 407 g/mol. The molecule has 0 aliphatic rings. The van der Waals surface area contributed by atoms with Gasteiger partial charge in [-0.2, -0.15) is 0 Å². The zero-order valence-corrected chi connectivity index (χ0v) is 15.2. The molecule has 1 heterocycles. The Kier molecular flexibility index (Phi) is 3.47. The molecule has 0 bridgehead atoms. The van der Waals surface area contributed by atoms with Crippen molar-refractivity contribution in [2.24, 2.45) is 0 Å². The van der Waals surface area contributed by atoms with Crippen LogP contribution in [0.3, 0.4) is 0 Å². The smallest absolute Gasteiger partial charge is 0.339 e. The van der Waals surface area contributed by atoms with Gasteiger partial charge in [0.2, 0.25) is 0 Å². The molecule has 3 rings (SSSR count). The first-order chi connectivity index (χ1) is 10.3. The van der Waals surface area contributed by atoms with Crippen LogP contribution in [0, 0.1) is 20.8 Å². The van der Waals surface area contributed by atoms with Gasteiger partial charge in [0.15, 0.2) is 3.55 Å². The second-order valence-electron chi connectivity index (χ2n) is 5.94. The van der Waals surface area contributed by atoms with Crippen LogP contribution in [-0.2, 0) is 8.34 Å². The van der Waals surface area contributed by atoms with Gasteiger partial charge in [-0.15, -0.1) is 0 Å². The fourth-order valence-corrected chi connectivity index (χ4v) is 3.88. The Hall–Kier alpha value is -1.56. The molecule has 1 N–H and O–H groups in total. The van der Waals surface area contributed by atoms with Crippen molar-refractivity contribution in [3.63, 3.8) is 0 Å². The number of carbonyl (C=O) groups is 1. The number of nitrogens with zero attached hydrogens (tertiary/aromatic N) is 1. The van der Waals surface area contributed by atoms with Gasteiger partial charge in [-0.25, -0.2) is 4.79 Å². The molecule has 0 aliphatic carbocycles. The summed E-state index contributed by atoms with van der Waals surface area (Å²) in [6, 6.07) is 10.4. The standard InChI is InChI=1S/C18H18INO2/c1-10-9-13-7-5-6-8-14(13)15-11(2)12(3)20(16(10)15)18(4,19)17(21)22/h5-9H,1-4H3,(H,21,22). The van der Waals surface area contributed by atoms with Crippen molar-refractivity contribution in [2.75, 3.05) is 0 Å². The number of halogens is 1. The maximum atomic E-state index is 11.8. The molecule has 0 aliphatic heterocycles. The van der Waals surface area contributed by atoms with Crippen LogP contribution in [0.25, 0.3) is 21.7 Å². The van der Waals surface area contributed by atoms with Gasteiger partial charge in [-0.1, -0.05) is 24.3 Å². The minimum Gasteiger partial charge on any atom is -0.479 e. The zero-order valence-electron chi connectivity index (χ0n) is 13.1. The topological polar surface area (TPSA) is 42.2 Å². The summed E-state index contributed by atoms with van der Waals surface area (Å²) in [4.78, 5) is 11.8. The van der Waals surface area contributed by atoms with Crippen LogP contribution < -0.4 is 0 Å². The summed E-state index contributed by atoms with van der Waals surface area (Å²) in [6.07, 6.45) is 0. The molecule has 1 atom stereocenters. The van der Waals surface area contributed by atoms with Gasteiger partial charge in [0, 0.05) is 11.1 Å². The Morgan fingerprint density at radius 2 is 1.86 bits per heavy atom. The highest BCUT2D eigenvalue weighted by Crippen LogP contribution is 2.40. The minimum atomic E-state index is -1.01. The van der Waals surface area contributed by atoms with E-state index >= 15 is 0 Å². The summed E-state index contributed by atoms with van der Waals surface area (Å²) in [5, 5.41) is 13.2. The second-order valence-corrected chi connectivity index (χ2v) is 8.04. The Labute approximate surface area is 143 Å². The summed E-state index contributed by atoms with van der Waals surface area (Å²) in [6.45, 7) is 7.88. The van der Waals surface area contributed by atoms with E-state index in [0.29, 0.717) is 0 Å². The average Bonchev–Trinajstić information content (AvgIpc) is 2.73. The number of hydrogen-bond acceptors (Lipinski definition) is 1. The van der Waals surface area contributed by atoms with Crippen molar-refractivity contribution >= 4 is 50.2 Å². The zero-order chi connectivity index (χ0) is 16.2. The largest absolute Gasteiger partial charge is 0.479 e. The molecule has 0 amide bonds. The maximum absolute atomic E-state index is 11.8.